The predicted octanol–water partition coefficient (Wildman–Crippen LogP) is 4.50. The largest absolute Gasteiger partial charge is 0.488 e. The van der Waals surface area contributed by atoms with Crippen molar-refractivity contribution in [2.45, 2.75) is 26.7 Å². The minimum absolute atomic E-state index is 0.0477. The van der Waals surface area contributed by atoms with Gasteiger partial charge in [-0.2, -0.15) is 5.10 Å². The van der Waals surface area contributed by atoms with Crippen LogP contribution >= 0.6 is 15.9 Å². The number of hydrogen-bond donors (Lipinski definition) is 2. The molecule has 0 radical (unpaired) electrons. The maximum atomic E-state index is 12.1. The molecule has 0 heterocycles. The Morgan fingerprint density at radius 1 is 1.17 bits per heavy atom. The summed E-state index contributed by atoms with van der Waals surface area (Å²) in [6, 6.07) is 11.2. The molecule has 2 aromatic carbocycles. The average Bonchev–Trinajstić information content (AvgIpc) is 2.69. The number of halogens is 1. The molecule has 6 nitrogen and oxygen atoms in total. The van der Waals surface area contributed by atoms with Gasteiger partial charge in [-0.05, 0) is 70.7 Å². The van der Waals surface area contributed by atoms with Gasteiger partial charge in [-0.25, -0.2) is 5.43 Å². The molecule has 0 spiro atoms. The molecule has 29 heavy (non-hydrogen) atoms. The van der Waals surface area contributed by atoms with Crippen LogP contribution in [0.1, 0.15) is 29.5 Å². The van der Waals surface area contributed by atoms with Crippen LogP contribution in [0.4, 0.5) is 5.69 Å². The van der Waals surface area contributed by atoms with Crippen LogP contribution in [-0.2, 0) is 9.59 Å². The molecular formula is C22H24BrN3O3. The van der Waals surface area contributed by atoms with E-state index in [0.717, 1.165) is 26.9 Å². The summed E-state index contributed by atoms with van der Waals surface area (Å²) >= 11 is 3.42. The van der Waals surface area contributed by atoms with Crippen molar-refractivity contribution in [1.29, 1.82) is 0 Å². The van der Waals surface area contributed by atoms with Crippen molar-refractivity contribution < 1.29 is 14.3 Å². The Morgan fingerprint density at radius 3 is 2.66 bits per heavy atom. The summed E-state index contributed by atoms with van der Waals surface area (Å²) in [5.74, 6) is 0.153. The number of nitrogens with one attached hydrogen (secondary N) is 2. The maximum absolute atomic E-state index is 12.1. The van der Waals surface area contributed by atoms with Crippen LogP contribution in [0.25, 0.3) is 0 Å². The SMILES string of the molecule is C=CCOc1ccc(C=NNC(=O)CCC(=O)Nc2cccc(C)c2C)cc1Br. The summed E-state index contributed by atoms with van der Waals surface area (Å²) in [6.45, 7) is 7.95. The number of hydrogen-bond acceptors (Lipinski definition) is 4. The van der Waals surface area contributed by atoms with E-state index in [9.17, 15) is 9.59 Å². The van der Waals surface area contributed by atoms with Crippen molar-refractivity contribution in [1.82, 2.24) is 5.43 Å². The van der Waals surface area contributed by atoms with Gasteiger partial charge in [-0.15, -0.1) is 0 Å². The molecule has 0 unspecified atom stereocenters. The molecule has 0 fully saturated rings. The molecule has 2 aromatic rings. The first-order valence-electron chi connectivity index (χ1n) is 9.12. The fourth-order valence-electron chi connectivity index (χ4n) is 2.42. The molecule has 0 aliphatic heterocycles. The van der Waals surface area contributed by atoms with Gasteiger partial charge < -0.3 is 10.1 Å². The van der Waals surface area contributed by atoms with Crippen LogP contribution in [0.3, 0.4) is 0 Å². The molecule has 0 aromatic heterocycles. The first kappa shape index (κ1) is 22.4. The number of benzene rings is 2. The molecule has 0 saturated heterocycles. The highest BCUT2D eigenvalue weighted by molar-refractivity contribution is 9.10. The number of carbonyl (C=O) groups excluding carboxylic acids is 2. The van der Waals surface area contributed by atoms with E-state index in [2.05, 4.69) is 38.4 Å². The number of hydrazone groups is 1. The van der Waals surface area contributed by atoms with Gasteiger partial charge in [-0.3, -0.25) is 9.59 Å². The minimum atomic E-state index is -0.331. The monoisotopic (exact) mass is 457 g/mol. The molecule has 2 amide bonds. The molecule has 0 saturated carbocycles. The number of nitrogens with zero attached hydrogens (tertiary/aromatic N) is 1. The Kier molecular flexibility index (Phi) is 8.61. The zero-order chi connectivity index (χ0) is 21.2. The van der Waals surface area contributed by atoms with E-state index in [0.29, 0.717) is 12.4 Å². The van der Waals surface area contributed by atoms with Crippen molar-refractivity contribution in [2.24, 2.45) is 5.10 Å². The zero-order valence-electron chi connectivity index (χ0n) is 16.5. The number of aryl methyl sites for hydroxylation is 1. The fraction of sp³-hybridized carbons (Fsp3) is 0.227. The van der Waals surface area contributed by atoms with Gasteiger partial charge in [0.2, 0.25) is 11.8 Å². The molecule has 0 bridgehead atoms. The highest BCUT2D eigenvalue weighted by atomic mass is 79.9. The lowest BCUT2D eigenvalue weighted by Crippen LogP contribution is -2.21. The highest BCUT2D eigenvalue weighted by Crippen LogP contribution is 2.25. The lowest BCUT2D eigenvalue weighted by molar-refractivity contribution is -0.124. The van der Waals surface area contributed by atoms with Gasteiger partial charge >= 0.3 is 0 Å². The van der Waals surface area contributed by atoms with E-state index in [1.165, 1.54) is 6.21 Å². The summed E-state index contributed by atoms with van der Waals surface area (Å²) in [5, 5.41) is 6.76. The summed E-state index contributed by atoms with van der Waals surface area (Å²) < 4.78 is 6.25. The molecule has 2 N–H and O–H groups in total. The van der Waals surface area contributed by atoms with E-state index >= 15 is 0 Å². The van der Waals surface area contributed by atoms with E-state index in [1.807, 2.05) is 44.2 Å². The van der Waals surface area contributed by atoms with Crippen LogP contribution in [0.15, 0.2) is 58.6 Å². The van der Waals surface area contributed by atoms with Crippen LogP contribution in [-0.4, -0.2) is 24.6 Å². The molecule has 0 aliphatic carbocycles. The Bertz CT molecular complexity index is 926. The third kappa shape index (κ3) is 7.19. The predicted molar refractivity (Wildman–Crippen MR) is 119 cm³/mol. The van der Waals surface area contributed by atoms with E-state index in [4.69, 9.17) is 4.74 Å². The maximum Gasteiger partial charge on any atom is 0.240 e. The summed E-state index contributed by atoms with van der Waals surface area (Å²) in [6.07, 6.45) is 3.32. The first-order chi connectivity index (χ1) is 13.9. The Balaban J connectivity index is 1.79. The van der Waals surface area contributed by atoms with Crippen LogP contribution in [0.5, 0.6) is 5.75 Å². The Labute approximate surface area is 179 Å². The van der Waals surface area contributed by atoms with Gasteiger partial charge in [0.15, 0.2) is 0 Å². The van der Waals surface area contributed by atoms with Gasteiger partial charge in [0.05, 0.1) is 10.7 Å². The standard InChI is InChI=1S/C22H24BrN3O3/c1-4-12-29-20-9-8-17(13-18(20)23)14-24-26-22(28)11-10-21(27)25-19-7-5-6-15(2)16(19)3/h4-9,13-14H,1,10-12H2,2-3H3,(H,25,27)(H,26,28). The third-order valence-corrected chi connectivity index (χ3v) is 4.79. The number of carbonyl (C=O) groups is 2. The number of amides is 2. The highest BCUT2D eigenvalue weighted by Gasteiger charge is 2.09. The second-order valence-electron chi connectivity index (χ2n) is 6.38. The number of anilines is 1. The lowest BCUT2D eigenvalue weighted by Gasteiger charge is -2.10. The molecule has 2 rings (SSSR count). The minimum Gasteiger partial charge on any atom is -0.488 e. The van der Waals surface area contributed by atoms with Crippen LogP contribution in [0, 0.1) is 13.8 Å². The van der Waals surface area contributed by atoms with Crippen molar-refractivity contribution in [2.75, 3.05) is 11.9 Å². The summed E-state index contributed by atoms with van der Waals surface area (Å²) in [5.41, 5.74) is 6.10. The summed E-state index contributed by atoms with van der Waals surface area (Å²) in [4.78, 5) is 24.0. The quantitative estimate of drug-likeness (QED) is 0.330. The fourth-order valence-corrected chi connectivity index (χ4v) is 2.94. The van der Waals surface area contributed by atoms with E-state index in [1.54, 1.807) is 12.1 Å². The lowest BCUT2D eigenvalue weighted by atomic mass is 10.1. The number of ether oxygens (including phenoxy) is 1. The topological polar surface area (TPSA) is 79.8 Å². The van der Waals surface area contributed by atoms with Crippen molar-refractivity contribution >= 4 is 39.6 Å². The molecule has 7 heteroatoms. The molecule has 0 atom stereocenters. The second kappa shape index (κ2) is 11.2. The molecular weight excluding hydrogens is 434 g/mol. The average molecular weight is 458 g/mol. The smallest absolute Gasteiger partial charge is 0.240 e. The van der Waals surface area contributed by atoms with Crippen LogP contribution < -0.4 is 15.5 Å². The molecule has 152 valence electrons. The zero-order valence-corrected chi connectivity index (χ0v) is 18.1. The van der Waals surface area contributed by atoms with E-state index in [-0.39, 0.29) is 24.7 Å². The molecule has 0 aliphatic rings. The summed E-state index contributed by atoms with van der Waals surface area (Å²) in [7, 11) is 0. The van der Waals surface area contributed by atoms with Gasteiger partial charge in [0, 0.05) is 18.5 Å². The van der Waals surface area contributed by atoms with Gasteiger partial charge in [0.25, 0.3) is 0 Å². The normalized spacial score (nSPS) is 10.6. The third-order valence-electron chi connectivity index (χ3n) is 4.17. The number of rotatable bonds is 9. The van der Waals surface area contributed by atoms with Gasteiger partial charge in [0.1, 0.15) is 12.4 Å². The van der Waals surface area contributed by atoms with Crippen molar-refractivity contribution in [3.05, 3.63) is 70.2 Å². The van der Waals surface area contributed by atoms with Crippen molar-refractivity contribution in [3.8, 4) is 5.75 Å². The van der Waals surface area contributed by atoms with Crippen LogP contribution in [0.2, 0.25) is 0 Å². The Morgan fingerprint density at radius 2 is 1.93 bits per heavy atom. The first-order valence-corrected chi connectivity index (χ1v) is 9.91. The second-order valence-corrected chi connectivity index (χ2v) is 7.23. The van der Waals surface area contributed by atoms with Gasteiger partial charge in [-0.1, -0.05) is 24.8 Å². The Hall–Kier alpha value is -2.93. The van der Waals surface area contributed by atoms with E-state index < -0.39 is 0 Å². The van der Waals surface area contributed by atoms with Crippen molar-refractivity contribution in [3.63, 3.8) is 0 Å².